The second kappa shape index (κ2) is 6.61. The summed E-state index contributed by atoms with van der Waals surface area (Å²) in [6.07, 6.45) is 0. The van der Waals surface area contributed by atoms with Gasteiger partial charge in [-0.3, -0.25) is 4.79 Å². The minimum atomic E-state index is -0.220. The molecule has 104 valence electrons. The first-order valence-electron chi connectivity index (χ1n) is 5.99. The molecule has 0 aromatic heterocycles. The zero-order valence-electron chi connectivity index (χ0n) is 10.7. The highest BCUT2D eigenvalue weighted by Crippen LogP contribution is 2.22. The third-order valence-corrected chi connectivity index (χ3v) is 3.97. The summed E-state index contributed by atoms with van der Waals surface area (Å²) in [5.41, 5.74) is 1.44. The summed E-state index contributed by atoms with van der Waals surface area (Å²) < 4.78 is 1.00. The van der Waals surface area contributed by atoms with Crippen LogP contribution in [0.5, 0.6) is 0 Å². The first-order valence-corrected chi connectivity index (χ1v) is 7.53. The first kappa shape index (κ1) is 15.4. The molecular weight excluding hydrogens is 361 g/mol. The van der Waals surface area contributed by atoms with Gasteiger partial charge in [-0.05, 0) is 42.8 Å². The molecule has 2 aromatic carbocycles. The molecule has 0 aliphatic rings. The van der Waals surface area contributed by atoms with Crippen LogP contribution in [0.1, 0.15) is 28.9 Å². The largest absolute Gasteiger partial charge is 0.345 e. The Hall–Kier alpha value is -1.03. The van der Waals surface area contributed by atoms with Crippen molar-refractivity contribution < 1.29 is 4.79 Å². The molecule has 20 heavy (non-hydrogen) atoms. The average Bonchev–Trinajstić information content (AvgIpc) is 2.39. The molecule has 1 N–H and O–H groups in total. The van der Waals surface area contributed by atoms with Crippen molar-refractivity contribution in [2.75, 3.05) is 0 Å². The van der Waals surface area contributed by atoms with E-state index in [1.54, 1.807) is 18.2 Å². The van der Waals surface area contributed by atoms with E-state index in [-0.39, 0.29) is 11.9 Å². The molecule has 0 radical (unpaired) electrons. The normalized spacial score (nSPS) is 12.0. The second-order valence-electron chi connectivity index (χ2n) is 4.37. The number of hydrogen-bond acceptors (Lipinski definition) is 1. The highest BCUT2D eigenvalue weighted by molar-refractivity contribution is 9.10. The van der Waals surface area contributed by atoms with E-state index >= 15 is 0 Å². The Morgan fingerprint density at radius 2 is 1.80 bits per heavy atom. The fourth-order valence-electron chi connectivity index (χ4n) is 1.78. The van der Waals surface area contributed by atoms with Crippen LogP contribution in [0.15, 0.2) is 46.9 Å². The molecule has 0 bridgehead atoms. The Morgan fingerprint density at radius 3 is 2.40 bits per heavy atom. The summed E-state index contributed by atoms with van der Waals surface area (Å²) >= 11 is 15.2. The number of halogens is 3. The van der Waals surface area contributed by atoms with Gasteiger partial charge in [0, 0.05) is 9.50 Å². The molecular formula is C15H12BrCl2NO. The Bertz CT molecular complexity index is 628. The molecule has 0 fully saturated rings. The van der Waals surface area contributed by atoms with Gasteiger partial charge in [-0.25, -0.2) is 0 Å². The van der Waals surface area contributed by atoms with Crippen molar-refractivity contribution in [2.45, 2.75) is 13.0 Å². The molecule has 0 aliphatic heterocycles. The topological polar surface area (TPSA) is 29.1 Å². The van der Waals surface area contributed by atoms with E-state index in [0.717, 1.165) is 10.0 Å². The number of rotatable bonds is 3. The van der Waals surface area contributed by atoms with Gasteiger partial charge < -0.3 is 5.32 Å². The van der Waals surface area contributed by atoms with Gasteiger partial charge in [0.25, 0.3) is 5.91 Å². The van der Waals surface area contributed by atoms with Crippen LogP contribution < -0.4 is 5.32 Å². The summed E-state index contributed by atoms with van der Waals surface area (Å²) in [6.45, 7) is 1.92. The van der Waals surface area contributed by atoms with Gasteiger partial charge in [-0.1, -0.05) is 51.3 Å². The predicted molar refractivity (Wildman–Crippen MR) is 86.5 cm³/mol. The second-order valence-corrected chi connectivity index (χ2v) is 6.13. The molecule has 2 nitrogen and oxygen atoms in total. The maximum absolute atomic E-state index is 12.2. The van der Waals surface area contributed by atoms with Crippen molar-refractivity contribution in [2.24, 2.45) is 0 Å². The number of nitrogens with one attached hydrogen (secondary N) is 1. The van der Waals surface area contributed by atoms with Crippen LogP contribution in [0, 0.1) is 0 Å². The number of benzene rings is 2. The third-order valence-electron chi connectivity index (χ3n) is 2.89. The van der Waals surface area contributed by atoms with Crippen LogP contribution >= 0.6 is 39.1 Å². The van der Waals surface area contributed by atoms with Crippen LogP contribution in [0.2, 0.25) is 10.0 Å². The van der Waals surface area contributed by atoms with Crippen molar-refractivity contribution in [3.05, 3.63) is 68.1 Å². The van der Waals surface area contributed by atoms with E-state index in [1.165, 1.54) is 0 Å². The smallest absolute Gasteiger partial charge is 0.253 e. The summed E-state index contributed by atoms with van der Waals surface area (Å²) in [4.78, 5) is 12.2. The quantitative estimate of drug-likeness (QED) is 0.783. The highest BCUT2D eigenvalue weighted by atomic mass is 79.9. The molecule has 1 amide bonds. The number of hydrogen-bond donors (Lipinski definition) is 1. The minimum Gasteiger partial charge on any atom is -0.345 e. The number of amides is 1. The summed E-state index contributed by atoms with van der Waals surface area (Å²) in [5, 5.41) is 3.76. The van der Waals surface area contributed by atoms with Gasteiger partial charge >= 0.3 is 0 Å². The zero-order chi connectivity index (χ0) is 14.7. The van der Waals surface area contributed by atoms with Crippen molar-refractivity contribution in [3.63, 3.8) is 0 Å². The van der Waals surface area contributed by atoms with Crippen molar-refractivity contribution in [1.29, 1.82) is 0 Å². The minimum absolute atomic E-state index is 0.109. The molecule has 0 saturated heterocycles. The van der Waals surface area contributed by atoms with Crippen LogP contribution in [0.4, 0.5) is 0 Å². The van der Waals surface area contributed by atoms with Gasteiger partial charge in [-0.2, -0.15) is 0 Å². The highest BCUT2D eigenvalue weighted by Gasteiger charge is 2.14. The van der Waals surface area contributed by atoms with Gasteiger partial charge in [0.05, 0.1) is 16.6 Å². The average molecular weight is 373 g/mol. The Kier molecular flexibility index (Phi) is 5.08. The van der Waals surface area contributed by atoms with E-state index in [0.29, 0.717) is 15.6 Å². The third kappa shape index (κ3) is 3.75. The van der Waals surface area contributed by atoms with Crippen LogP contribution in [0.25, 0.3) is 0 Å². The number of carbonyl (C=O) groups excluding carboxylic acids is 1. The molecule has 2 rings (SSSR count). The zero-order valence-corrected chi connectivity index (χ0v) is 13.8. The lowest BCUT2D eigenvalue weighted by Crippen LogP contribution is -2.26. The van der Waals surface area contributed by atoms with Crippen LogP contribution in [0.3, 0.4) is 0 Å². The molecule has 0 spiro atoms. The molecule has 0 saturated carbocycles. The number of carbonyl (C=O) groups is 1. The molecule has 1 atom stereocenters. The molecule has 0 aliphatic carbocycles. The molecule has 5 heteroatoms. The monoisotopic (exact) mass is 371 g/mol. The molecule has 0 heterocycles. The predicted octanol–water partition coefficient (Wildman–Crippen LogP) is 5.25. The van der Waals surface area contributed by atoms with Crippen LogP contribution in [-0.4, -0.2) is 5.91 Å². The lowest BCUT2D eigenvalue weighted by molar-refractivity contribution is 0.0940. The fourth-order valence-corrected chi connectivity index (χ4v) is 2.54. The van der Waals surface area contributed by atoms with E-state index in [4.69, 9.17) is 23.2 Å². The summed E-state index contributed by atoms with van der Waals surface area (Å²) in [7, 11) is 0. The van der Waals surface area contributed by atoms with Gasteiger partial charge in [0.1, 0.15) is 0 Å². The molecule has 2 aromatic rings. The fraction of sp³-hybridized carbons (Fsp3) is 0.133. The Balaban J connectivity index is 2.13. The first-order chi connectivity index (χ1) is 9.47. The van der Waals surface area contributed by atoms with E-state index in [1.807, 2.05) is 31.2 Å². The van der Waals surface area contributed by atoms with E-state index in [9.17, 15) is 4.79 Å². The SMILES string of the molecule is C[C@H](NC(=O)c1ccc(Cl)cc1Cl)c1ccc(Br)cc1. The summed E-state index contributed by atoms with van der Waals surface area (Å²) in [5.74, 6) is -0.220. The van der Waals surface area contributed by atoms with Crippen molar-refractivity contribution in [3.8, 4) is 0 Å². The van der Waals surface area contributed by atoms with Gasteiger partial charge in [0.15, 0.2) is 0 Å². The Morgan fingerprint density at radius 1 is 1.15 bits per heavy atom. The molecule has 0 unspecified atom stereocenters. The van der Waals surface area contributed by atoms with E-state index < -0.39 is 0 Å². The Labute approximate surface area is 136 Å². The van der Waals surface area contributed by atoms with Crippen LogP contribution in [-0.2, 0) is 0 Å². The van der Waals surface area contributed by atoms with Gasteiger partial charge in [0.2, 0.25) is 0 Å². The maximum Gasteiger partial charge on any atom is 0.253 e. The lowest BCUT2D eigenvalue weighted by Gasteiger charge is -2.15. The van der Waals surface area contributed by atoms with Crippen molar-refractivity contribution in [1.82, 2.24) is 5.32 Å². The standard InChI is InChI=1S/C15H12BrCl2NO/c1-9(10-2-4-11(16)5-3-10)19-15(20)13-7-6-12(17)8-14(13)18/h2-9H,1H3,(H,19,20)/t9-/m0/s1. The lowest BCUT2D eigenvalue weighted by atomic mass is 10.1. The van der Waals surface area contributed by atoms with Gasteiger partial charge in [-0.15, -0.1) is 0 Å². The maximum atomic E-state index is 12.2. The van der Waals surface area contributed by atoms with Crippen molar-refractivity contribution >= 4 is 45.0 Å². The van der Waals surface area contributed by atoms with E-state index in [2.05, 4.69) is 21.2 Å². The summed E-state index contributed by atoms with van der Waals surface area (Å²) in [6, 6.07) is 12.5.